The van der Waals surface area contributed by atoms with E-state index >= 15 is 0 Å². The quantitative estimate of drug-likeness (QED) is 0.704. The summed E-state index contributed by atoms with van der Waals surface area (Å²) >= 11 is 1.18. The summed E-state index contributed by atoms with van der Waals surface area (Å²) in [5.41, 5.74) is 2.23. The van der Waals surface area contributed by atoms with Gasteiger partial charge in [0, 0.05) is 0 Å². The third-order valence-electron chi connectivity index (χ3n) is 2.92. The molecule has 0 saturated heterocycles. The molecule has 16 heavy (non-hydrogen) atoms. The van der Waals surface area contributed by atoms with Gasteiger partial charge in [-0.05, 0) is 0 Å². The number of rotatable bonds is 6. The maximum absolute atomic E-state index is 14.0. The molecule has 0 aliphatic heterocycles. The van der Waals surface area contributed by atoms with E-state index in [4.69, 9.17) is 0 Å². The Labute approximate surface area is 112 Å². The summed E-state index contributed by atoms with van der Waals surface area (Å²) in [6.45, 7) is 4.34. The Kier molecular flexibility index (Phi) is 6.40. The maximum atomic E-state index is 14.0. The Hall–Kier alpha value is -0.0513. The predicted octanol–water partition coefficient (Wildman–Crippen LogP) is 3.30. The molecule has 0 atom stereocenters. The van der Waals surface area contributed by atoms with Crippen LogP contribution in [0.4, 0.5) is 4.39 Å². The van der Waals surface area contributed by atoms with Gasteiger partial charge in [-0.2, -0.15) is 0 Å². The molecule has 3 radical (unpaired) electrons. The van der Waals surface area contributed by atoms with Crippen LogP contribution in [0.2, 0.25) is 0 Å². The minimum atomic E-state index is 0.0697. The number of aryl methyl sites for hydroxylation is 1. The van der Waals surface area contributed by atoms with Crippen molar-refractivity contribution in [1.82, 2.24) is 0 Å². The van der Waals surface area contributed by atoms with Crippen LogP contribution in [0.1, 0.15) is 50.7 Å². The average Bonchev–Trinajstić information content (AvgIpc) is 2.29. The molecular formula is C14H20FSn. The molecule has 0 spiro atoms. The van der Waals surface area contributed by atoms with E-state index < -0.39 is 0 Å². The summed E-state index contributed by atoms with van der Waals surface area (Å²) in [5, 5.41) is 0. The van der Waals surface area contributed by atoms with Gasteiger partial charge < -0.3 is 0 Å². The van der Waals surface area contributed by atoms with E-state index in [0.29, 0.717) is 0 Å². The molecule has 0 fully saturated rings. The SMILES string of the molecule is CCCCc1cc[c]([Sn])c(F)c1CCCC. The summed E-state index contributed by atoms with van der Waals surface area (Å²) in [4.78, 5) is 0. The number of benzene rings is 1. The summed E-state index contributed by atoms with van der Waals surface area (Å²) in [7, 11) is 0. The van der Waals surface area contributed by atoms with Crippen LogP contribution in [-0.2, 0) is 12.8 Å². The monoisotopic (exact) mass is 327 g/mol. The first-order valence-electron chi connectivity index (χ1n) is 6.22. The van der Waals surface area contributed by atoms with Gasteiger partial charge >= 0.3 is 112 Å². The second-order valence-electron chi connectivity index (χ2n) is 4.27. The number of hydrogen-bond acceptors (Lipinski definition) is 0. The summed E-state index contributed by atoms with van der Waals surface area (Å²) in [6.07, 6.45) is 6.50. The van der Waals surface area contributed by atoms with Gasteiger partial charge in [-0.15, -0.1) is 0 Å². The Morgan fingerprint density at radius 1 is 1.06 bits per heavy atom. The van der Waals surface area contributed by atoms with Crippen molar-refractivity contribution in [2.75, 3.05) is 0 Å². The van der Waals surface area contributed by atoms with Crippen LogP contribution in [0.25, 0.3) is 0 Å². The van der Waals surface area contributed by atoms with E-state index in [2.05, 4.69) is 19.9 Å². The first-order chi connectivity index (χ1) is 7.70. The fraction of sp³-hybridized carbons (Fsp3) is 0.571. The van der Waals surface area contributed by atoms with Gasteiger partial charge in [0.1, 0.15) is 0 Å². The molecule has 0 N–H and O–H groups in total. The fourth-order valence-electron chi connectivity index (χ4n) is 1.89. The fourth-order valence-corrected chi connectivity index (χ4v) is 2.56. The summed E-state index contributed by atoms with van der Waals surface area (Å²) < 4.78 is 14.9. The Balaban J connectivity index is 2.91. The normalized spacial score (nSPS) is 10.8. The van der Waals surface area contributed by atoms with Gasteiger partial charge in [0.15, 0.2) is 0 Å². The van der Waals surface area contributed by atoms with E-state index in [0.717, 1.165) is 41.2 Å². The van der Waals surface area contributed by atoms with Crippen LogP contribution >= 0.6 is 0 Å². The van der Waals surface area contributed by atoms with Gasteiger partial charge in [0.2, 0.25) is 0 Å². The van der Waals surface area contributed by atoms with E-state index in [1.807, 2.05) is 6.07 Å². The van der Waals surface area contributed by atoms with Gasteiger partial charge in [-0.3, -0.25) is 0 Å². The molecule has 2 heteroatoms. The standard InChI is InChI=1S/C14H20F.Sn/c1-3-5-8-12-9-7-11-14(15)13(12)10-6-4-2;/h7,9H,3-6,8,10H2,1-2H3;. The van der Waals surface area contributed by atoms with Crippen LogP contribution in [0, 0.1) is 5.82 Å². The van der Waals surface area contributed by atoms with Crippen molar-refractivity contribution < 1.29 is 4.39 Å². The van der Waals surface area contributed by atoms with Gasteiger partial charge in [-0.25, -0.2) is 0 Å². The third-order valence-corrected chi connectivity index (χ3v) is 4.02. The van der Waals surface area contributed by atoms with E-state index in [-0.39, 0.29) is 5.82 Å². The zero-order valence-electron chi connectivity index (χ0n) is 10.3. The topological polar surface area (TPSA) is 0 Å². The Morgan fingerprint density at radius 3 is 2.31 bits per heavy atom. The molecule has 0 aromatic heterocycles. The van der Waals surface area contributed by atoms with Crippen LogP contribution in [0.5, 0.6) is 0 Å². The Morgan fingerprint density at radius 2 is 1.69 bits per heavy atom. The first-order valence-corrected chi connectivity index (χ1v) is 7.65. The van der Waals surface area contributed by atoms with Crippen molar-refractivity contribution in [2.24, 2.45) is 0 Å². The van der Waals surface area contributed by atoms with Crippen molar-refractivity contribution in [3.8, 4) is 0 Å². The van der Waals surface area contributed by atoms with E-state index in [1.54, 1.807) is 0 Å². The molecule has 0 nitrogen and oxygen atoms in total. The molecule has 0 bridgehead atoms. The zero-order chi connectivity index (χ0) is 12.0. The average molecular weight is 326 g/mol. The van der Waals surface area contributed by atoms with E-state index in [9.17, 15) is 4.39 Å². The van der Waals surface area contributed by atoms with Gasteiger partial charge in [-0.1, -0.05) is 0 Å². The molecule has 0 aliphatic rings. The number of halogens is 1. The first kappa shape index (κ1) is 14.0. The van der Waals surface area contributed by atoms with Crippen LogP contribution in [-0.4, -0.2) is 22.5 Å². The number of unbranched alkanes of at least 4 members (excludes halogenated alkanes) is 2. The minimum absolute atomic E-state index is 0.0697. The molecule has 1 rings (SSSR count). The second kappa shape index (κ2) is 7.31. The van der Waals surface area contributed by atoms with Crippen molar-refractivity contribution in [3.63, 3.8) is 0 Å². The van der Waals surface area contributed by atoms with Crippen LogP contribution in [0.15, 0.2) is 12.1 Å². The summed E-state index contributed by atoms with van der Waals surface area (Å²) in [5.74, 6) is 0.0697. The zero-order valence-corrected chi connectivity index (χ0v) is 13.1. The molecule has 0 heterocycles. The molecule has 0 amide bonds. The van der Waals surface area contributed by atoms with Gasteiger partial charge in [0.05, 0.1) is 0 Å². The molecule has 1 aromatic rings. The molecule has 0 unspecified atom stereocenters. The van der Waals surface area contributed by atoms with Crippen LogP contribution in [0.3, 0.4) is 0 Å². The second-order valence-corrected chi connectivity index (χ2v) is 5.81. The molecule has 0 saturated carbocycles. The molecular weight excluding hydrogens is 306 g/mol. The number of hydrogen-bond donors (Lipinski definition) is 0. The van der Waals surface area contributed by atoms with Crippen LogP contribution < -0.4 is 3.58 Å². The third kappa shape index (κ3) is 3.76. The predicted molar refractivity (Wildman–Crippen MR) is 69.0 cm³/mol. The van der Waals surface area contributed by atoms with Crippen molar-refractivity contribution in [2.45, 2.75) is 52.4 Å². The van der Waals surface area contributed by atoms with Gasteiger partial charge in [0.25, 0.3) is 0 Å². The van der Waals surface area contributed by atoms with Crippen molar-refractivity contribution >= 4 is 26.1 Å². The van der Waals surface area contributed by atoms with Crippen molar-refractivity contribution in [3.05, 3.63) is 29.1 Å². The molecule has 1 aromatic carbocycles. The Bertz CT molecular complexity index is 334. The molecule has 0 aliphatic carbocycles. The van der Waals surface area contributed by atoms with Crippen molar-refractivity contribution in [1.29, 1.82) is 0 Å². The molecule has 87 valence electrons. The van der Waals surface area contributed by atoms with E-state index in [1.165, 1.54) is 34.5 Å². The summed E-state index contributed by atoms with van der Waals surface area (Å²) in [6, 6.07) is 4.09.